The van der Waals surface area contributed by atoms with Crippen LogP contribution >= 0.6 is 0 Å². The molecule has 0 aromatic heterocycles. The molecule has 0 heterocycles. The SMILES string of the molecule is CC(NC1CCC1)c1ccc(C(F)(F)F)cc1. The van der Waals surface area contributed by atoms with Gasteiger partial charge in [-0.2, -0.15) is 13.2 Å². The molecular formula is C13H16F3N. The molecule has 1 N–H and O–H groups in total. The van der Waals surface area contributed by atoms with Crippen molar-refractivity contribution < 1.29 is 13.2 Å². The highest BCUT2D eigenvalue weighted by atomic mass is 19.4. The molecule has 1 aliphatic carbocycles. The van der Waals surface area contributed by atoms with Crippen molar-refractivity contribution in [1.29, 1.82) is 0 Å². The Balaban J connectivity index is 2.01. The van der Waals surface area contributed by atoms with E-state index >= 15 is 0 Å². The first-order valence-corrected chi connectivity index (χ1v) is 5.90. The molecule has 1 unspecified atom stereocenters. The Labute approximate surface area is 99.0 Å². The summed E-state index contributed by atoms with van der Waals surface area (Å²) in [6.45, 7) is 1.99. The molecule has 17 heavy (non-hydrogen) atoms. The molecule has 1 aromatic rings. The predicted octanol–water partition coefficient (Wildman–Crippen LogP) is 3.91. The van der Waals surface area contributed by atoms with Crippen molar-refractivity contribution in [2.24, 2.45) is 0 Å². The molecule has 2 rings (SSSR count). The van der Waals surface area contributed by atoms with Crippen molar-refractivity contribution in [2.45, 2.75) is 44.4 Å². The van der Waals surface area contributed by atoms with Gasteiger partial charge in [-0.3, -0.25) is 0 Å². The number of hydrogen-bond acceptors (Lipinski definition) is 1. The van der Waals surface area contributed by atoms with E-state index in [1.807, 2.05) is 6.92 Å². The van der Waals surface area contributed by atoms with Gasteiger partial charge < -0.3 is 5.32 Å². The normalized spacial score (nSPS) is 18.8. The van der Waals surface area contributed by atoms with Crippen LogP contribution in [0.2, 0.25) is 0 Å². The predicted molar refractivity (Wildman–Crippen MR) is 60.6 cm³/mol. The molecule has 1 nitrogen and oxygen atoms in total. The smallest absolute Gasteiger partial charge is 0.307 e. The van der Waals surface area contributed by atoms with Gasteiger partial charge in [-0.1, -0.05) is 18.6 Å². The second-order valence-electron chi connectivity index (χ2n) is 4.64. The highest BCUT2D eigenvalue weighted by molar-refractivity contribution is 5.26. The van der Waals surface area contributed by atoms with E-state index in [1.165, 1.54) is 19.3 Å². The second-order valence-corrected chi connectivity index (χ2v) is 4.64. The van der Waals surface area contributed by atoms with Crippen LogP contribution in [0, 0.1) is 0 Å². The molecule has 1 atom stereocenters. The number of nitrogens with one attached hydrogen (secondary N) is 1. The summed E-state index contributed by atoms with van der Waals surface area (Å²) in [7, 11) is 0. The van der Waals surface area contributed by atoms with E-state index in [1.54, 1.807) is 12.1 Å². The molecule has 0 radical (unpaired) electrons. The Hall–Kier alpha value is -1.03. The zero-order valence-corrected chi connectivity index (χ0v) is 9.72. The molecule has 0 saturated heterocycles. The highest BCUT2D eigenvalue weighted by Crippen LogP contribution is 2.30. The van der Waals surface area contributed by atoms with Crippen molar-refractivity contribution >= 4 is 0 Å². The number of hydrogen-bond donors (Lipinski definition) is 1. The van der Waals surface area contributed by atoms with Crippen LogP contribution in [-0.2, 0) is 6.18 Å². The minimum Gasteiger partial charge on any atom is -0.307 e. The molecular weight excluding hydrogens is 227 g/mol. The monoisotopic (exact) mass is 243 g/mol. The lowest BCUT2D eigenvalue weighted by atomic mass is 9.91. The van der Waals surface area contributed by atoms with Crippen molar-refractivity contribution in [2.75, 3.05) is 0 Å². The minimum absolute atomic E-state index is 0.114. The van der Waals surface area contributed by atoms with E-state index in [0.717, 1.165) is 17.7 Å². The van der Waals surface area contributed by atoms with E-state index in [0.29, 0.717) is 6.04 Å². The number of rotatable bonds is 3. The zero-order valence-electron chi connectivity index (χ0n) is 9.72. The van der Waals surface area contributed by atoms with Gasteiger partial charge in [-0.25, -0.2) is 0 Å². The highest BCUT2D eigenvalue weighted by Gasteiger charge is 2.30. The topological polar surface area (TPSA) is 12.0 Å². The van der Waals surface area contributed by atoms with Gasteiger partial charge in [0.05, 0.1) is 5.56 Å². The first-order chi connectivity index (χ1) is 7.97. The minimum atomic E-state index is -4.25. The molecule has 1 aliphatic rings. The first kappa shape index (κ1) is 12.4. The maximum Gasteiger partial charge on any atom is 0.416 e. The molecule has 1 fully saturated rings. The summed E-state index contributed by atoms with van der Waals surface area (Å²) in [6.07, 6.45) is -0.656. The van der Waals surface area contributed by atoms with Crippen LogP contribution in [0.15, 0.2) is 24.3 Å². The Bertz CT molecular complexity index is 365. The Morgan fingerprint density at radius 2 is 1.76 bits per heavy atom. The van der Waals surface area contributed by atoms with E-state index < -0.39 is 11.7 Å². The lowest BCUT2D eigenvalue weighted by Crippen LogP contribution is -2.36. The molecule has 1 aromatic carbocycles. The summed E-state index contributed by atoms with van der Waals surface area (Å²) in [5.41, 5.74) is 0.321. The Kier molecular flexibility index (Phi) is 3.43. The van der Waals surface area contributed by atoms with Crippen LogP contribution in [0.5, 0.6) is 0 Å². The first-order valence-electron chi connectivity index (χ1n) is 5.90. The van der Waals surface area contributed by atoms with Gasteiger partial charge in [0.2, 0.25) is 0 Å². The number of alkyl halides is 3. The summed E-state index contributed by atoms with van der Waals surface area (Å²) < 4.78 is 37.1. The van der Waals surface area contributed by atoms with Crippen LogP contribution in [0.25, 0.3) is 0 Å². The largest absolute Gasteiger partial charge is 0.416 e. The maximum atomic E-state index is 12.4. The van der Waals surface area contributed by atoms with E-state index in [9.17, 15) is 13.2 Å². The quantitative estimate of drug-likeness (QED) is 0.848. The fourth-order valence-electron chi connectivity index (χ4n) is 1.99. The second kappa shape index (κ2) is 4.69. The van der Waals surface area contributed by atoms with Crippen molar-refractivity contribution in [3.63, 3.8) is 0 Å². The van der Waals surface area contributed by atoms with Crippen LogP contribution in [0.4, 0.5) is 13.2 Å². The van der Waals surface area contributed by atoms with Gasteiger partial charge in [0.25, 0.3) is 0 Å². The Morgan fingerprint density at radius 1 is 1.18 bits per heavy atom. The van der Waals surface area contributed by atoms with Gasteiger partial charge in [0.1, 0.15) is 0 Å². The van der Waals surface area contributed by atoms with Gasteiger partial charge in [0.15, 0.2) is 0 Å². The van der Waals surface area contributed by atoms with Crippen molar-refractivity contribution in [1.82, 2.24) is 5.32 Å². The average Bonchev–Trinajstić information content (AvgIpc) is 2.22. The number of halogens is 3. The maximum absolute atomic E-state index is 12.4. The molecule has 0 amide bonds. The fourth-order valence-corrected chi connectivity index (χ4v) is 1.99. The summed E-state index contributed by atoms with van der Waals surface area (Å²) >= 11 is 0. The summed E-state index contributed by atoms with van der Waals surface area (Å²) in [5, 5.41) is 3.41. The molecule has 1 saturated carbocycles. The summed E-state index contributed by atoms with van der Waals surface area (Å²) in [4.78, 5) is 0. The lowest BCUT2D eigenvalue weighted by Gasteiger charge is -2.30. The van der Waals surface area contributed by atoms with E-state index in [4.69, 9.17) is 0 Å². The molecule has 0 bridgehead atoms. The van der Waals surface area contributed by atoms with Crippen LogP contribution in [0.3, 0.4) is 0 Å². The summed E-state index contributed by atoms with van der Waals surface area (Å²) in [6, 6.07) is 6.05. The van der Waals surface area contributed by atoms with E-state index in [2.05, 4.69) is 5.32 Å². The molecule has 0 spiro atoms. The summed E-state index contributed by atoms with van der Waals surface area (Å²) in [5.74, 6) is 0. The van der Waals surface area contributed by atoms with Crippen LogP contribution in [-0.4, -0.2) is 6.04 Å². The third-order valence-electron chi connectivity index (χ3n) is 3.33. The molecule has 0 aliphatic heterocycles. The van der Waals surface area contributed by atoms with Crippen molar-refractivity contribution in [3.05, 3.63) is 35.4 Å². The molecule has 4 heteroatoms. The van der Waals surface area contributed by atoms with E-state index in [-0.39, 0.29) is 6.04 Å². The van der Waals surface area contributed by atoms with Gasteiger partial charge >= 0.3 is 6.18 Å². The fraction of sp³-hybridized carbons (Fsp3) is 0.538. The molecule has 94 valence electrons. The van der Waals surface area contributed by atoms with Crippen LogP contribution in [0.1, 0.15) is 43.4 Å². The zero-order chi connectivity index (χ0) is 12.5. The third-order valence-corrected chi connectivity index (χ3v) is 3.33. The Morgan fingerprint density at radius 3 is 2.18 bits per heavy atom. The third kappa shape index (κ3) is 3.00. The number of benzene rings is 1. The van der Waals surface area contributed by atoms with Crippen LogP contribution < -0.4 is 5.32 Å². The van der Waals surface area contributed by atoms with Crippen molar-refractivity contribution in [3.8, 4) is 0 Å². The lowest BCUT2D eigenvalue weighted by molar-refractivity contribution is -0.137. The van der Waals surface area contributed by atoms with Gasteiger partial charge in [-0.05, 0) is 37.5 Å². The standard InChI is InChI=1S/C13H16F3N/c1-9(17-12-3-2-4-12)10-5-7-11(8-6-10)13(14,15)16/h5-9,12,17H,2-4H2,1H3. The average molecular weight is 243 g/mol. The van der Waals surface area contributed by atoms with Gasteiger partial charge in [0, 0.05) is 12.1 Å². The van der Waals surface area contributed by atoms with Gasteiger partial charge in [-0.15, -0.1) is 0 Å².